The summed E-state index contributed by atoms with van der Waals surface area (Å²) >= 11 is 9.69. The molecule has 200 valence electrons. The Morgan fingerprint density at radius 3 is 2.26 bits per heavy atom. The van der Waals surface area contributed by atoms with E-state index in [-0.39, 0.29) is 31.0 Å². The summed E-state index contributed by atoms with van der Waals surface area (Å²) in [5, 5.41) is 3.85. The highest BCUT2D eigenvalue weighted by Gasteiger charge is 2.32. The maximum absolute atomic E-state index is 13.8. The summed E-state index contributed by atoms with van der Waals surface area (Å²) in [4.78, 5) is 29.2. The minimum Gasteiger partial charge on any atom is -0.484 e. The SMILES string of the molecule is Cc1cc(OCC(=O)N(Cc2ccc(Cl)cc2)[C@@H](Cc2ccccc2)C(=O)NC2CCCC2)cc(C)c1Br. The third-order valence-electron chi connectivity index (χ3n) is 7.01. The number of hydrogen-bond acceptors (Lipinski definition) is 3. The molecule has 2 amide bonds. The van der Waals surface area contributed by atoms with Gasteiger partial charge in [0.2, 0.25) is 5.91 Å². The summed E-state index contributed by atoms with van der Waals surface area (Å²) in [7, 11) is 0. The molecular formula is C31H34BrClN2O3. The summed E-state index contributed by atoms with van der Waals surface area (Å²) in [5.74, 6) is 0.247. The van der Waals surface area contributed by atoms with Gasteiger partial charge in [0, 0.05) is 28.5 Å². The molecule has 0 heterocycles. The van der Waals surface area contributed by atoms with Gasteiger partial charge >= 0.3 is 0 Å². The highest BCUT2D eigenvalue weighted by Crippen LogP contribution is 2.27. The topological polar surface area (TPSA) is 58.6 Å². The summed E-state index contributed by atoms with van der Waals surface area (Å²) in [6.07, 6.45) is 4.58. The quantitative estimate of drug-likeness (QED) is 0.280. The maximum Gasteiger partial charge on any atom is 0.261 e. The summed E-state index contributed by atoms with van der Waals surface area (Å²) in [6.45, 7) is 4.08. The first kappa shape index (κ1) is 28.2. The molecule has 7 heteroatoms. The Hall–Kier alpha value is -2.83. The van der Waals surface area contributed by atoms with Gasteiger partial charge in [0.15, 0.2) is 6.61 Å². The zero-order valence-electron chi connectivity index (χ0n) is 21.9. The van der Waals surface area contributed by atoms with Gasteiger partial charge in [-0.05, 0) is 73.2 Å². The van der Waals surface area contributed by atoms with E-state index in [4.69, 9.17) is 16.3 Å². The molecule has 1 N–H and O–H groups in total. The second-order valence-electron chi connectivity index (χ2n) is 10.0. The van der Waals surface area contributed by atoms with E-state index in [0.29, 0.717) is 17.2 Å². The van der Waals surface area contributed by atoms with Crippen molar-refractivity contribution in [2.45, 2.75) is 64.6 Å². The average molecular weight is 598 g/mol. The fraction of sp³-hybridized carbons (Fsp3) is 0.355. The van der Waals surface area contributed by atoms with Crippen LogP contribution in [0.2, 0.25) is 5.02 Å². The molecule has 1 atom stereocenters. The van der Waals surface area contributed by atoms with Crippen LogP contribution in [0.4, 0.5) is 0 Å². The molecule has 0 aromatic heterocycles. The van der Waals surface area contributed by atoms with Gasteiger partial charge in [-0.15, -0.1) is 0 Å². The van der Waals surface area contributed by atoms with E-state index < -0.39 is 6.04 Å². The molecule has 0 radical (unpaired) electrons. The molecule has 4 rings (SSSR count). The van der Waals surface area contributed by atoms with Crippen molar-refractivity contribution in [2.24, 2.45) is 0 Å². The van der Waals surface area contributed by atoms with Crippen LogP contribution in [0.15, 0.2) is 71.2 Å². The molecule has 0 bridgehead atoms. The number of nitrogens with zero attached hydrogens (tertiary/aromatic N) is 1. The Balaban J connectivity index is 1.61. The Labute approximate surface area is 238 Å². The fourth-order valence-electron chi connectivity index (χ4n) is 4.93. The van der Waals surface area contributed by atoms with Crippen molar-refractivity contribution in [3.05, 3.63) is 98.5 Å². The number of amides is 2. The van der Waals surface area contributed by atoms with E-state index >= 15 is 0 Å². The van der Waals surface area contributed by atoms with Gasteiger partial charge in [-0.25, -0.2) is 0 Å². The number of nitrogens with one attached hydrogen (secondary N) is 1. The van der Waals surface area contributed by atoms with Gasteiger partial charge in [0.05, 0.1) is 0 Å². The summed E-state index contributed by atoms with van der Waals surface area (Å²) in [6, 6.07) is 20.5. The molecule has 3 aromatic carbocycles. The van der Waals surface area contributed by atoms with Crippen LogP contribution in [0.3, 0.4) is 0 Å². The van der Waals surface area contributed by atoms with Crippen LogP contribution in [-0.4, -0.2) is 35.4 Å². The fourth-order valence-corrected chi connectivity index (χ4v) is 5.28. The number of halogens is 2. The average Bonchev–Trinajstić information content (AvgIpc) is 3.42. The van der Waals surface area contributed by atoms with Crippen molar-refractivity contribution in [3.63, 3.8) is 0 Å². The van der Waals surface area contributed by atoms with Crippen molar-refractivity contribution in [3.8, 4) is 5.75 Å². The third kappa shape index (κ3) is 7.61. The minimum absolute atomic E-state index is 0.126. The van der Waals surface area contributed by atoms with Crippen LogP contribution in [0.1, 0.15) is 47.9 Å². The van der Waals surface area contributed by atoms with Gasteiger partial charge in [-0.2, -0.15) is 0 Å². The molecule has 1 aliphatic rings. The molecule has 0 aliphatic heterocycles. The molecule has 5 nitrogen and oxygen atoms in total. The molecular weight excluding hydrogens is 564 g/mol. The van der Waals surface area contributed by atoms with Crippen molar-refractivity contribution in [2.75, 3.05) is 6.61 Å². The first-order valence-corrected chi connectivity index (χ1v) is 14.2. The third-order valence-corrected chi connectivity index (χ3v) is 8.51. The lowest BCUT2D eigenvalue weighted by Crippen LogP contribution is -2.53. The Morgan fingerprint density at radius 1 is 1.00 bits per heavy atom. The van der Waals surface area contributed by atoms with Crippen LogP contribution >= 0.6 is 27.5 Å². The van der Waals surface area contributed by atoms with Gasteiger partial charge in [-0.3, -0.25) is 9.59 Å². The number of ether oxygens (including phenoxy) is 1. The molecule has 0 unspecified atom stereocenters. The van der Waals surface area contributed by atoms with E-state index in [1.807, 2.05) is 68.4 Å². The zero-order valence-corrected chi connectivity index (χ0v) is 24.2. The van der Waals surface area contributed by atoms with Crippen LogP contribution < -0.4 is 10.1 Å². The Kier molecular flexibility index (Phi) is 9.86. The van der Waals surface area contributed by atoms with E-state index in [1.165, 1.54) is 0 Å². The molecule has 0 spiro atoms. The minimum atomic E-state index is -0.682. The molecule has 1 aliphatic carbocycles. The lowest BCUT2D eigenvalue weighted by Gasteiger charge is -2.32. The molecule has 0 saturated heterocycles. The van der Waals surface area contributed by atoms with Crippen LogP contribution in [-0.2, 0) is 22.6 Å². The van der Waals surface area contributed by atoms with Gasteiger partial charge in [-0.1, -0.05) is 82.8 Å². The number of carbonyl (C=O) groups excluding carboxylic acids is 2. The first-order valence-electron chi connectivity index (χ1n) is 13.1. The molecule has 1 fully saturated rings. The van der Waals surface area contributed by atoms with E-state index in [1.54, 1.807) is 17.0 Å². The zero-order chi connectivity index (χ0) is 27.1. The van der Waals surface area contributed by atoms with Gasteiger partial charge in [0.25, 0.3) is 5.91 Å². The van der Waals surface area contributed by atoms with Crippen molar-refractivity contribution in [1.29, 1.82) is 0 Å². The number of rotatable bonds is 10. The summed E-state index contributed by atoms with van der Waals surface area (Å²) in [5.41, 5.74) is 3.95. The smallest absolute Gasteiger partial charge is 0.261 e. The Bertz CT molecular complexity index is 1220. The van der Waals surface area contributed by atoms with E-state index in [2.05, 4.69) is 21.2 Å². The first-order chi connectivity index (χ1) is 18.3. The maximum atomic E-state index is 13.8. The molecule has 38 heavy (non-hydrogen) atoms. The summed E-state index contributed by atoms with van der Waals surface area (Å²) < 4.78 is 6.99. The van der Waals surface area contributed by atoms with Crippen LogP contribution in [0.5, 0.6) is 5.75 Å². The monoisotopic (exact) mass is 596 g/mol. The number of aryl methyl sites for hydroxylation is 2. The normalized spacial score (nSPS) is 14.2. The second-order valence-corrected chi connectivity index (χ2v) is 11.2. The van der Waals surface area contributed by atoms with Gasteiger partial charge in [0.1, 0.15) is 11.8 Å². The largest absolute Gasteiger partial charge is 0.484 e. The van der Waals surface area contributed by atoms with E-state index in [9.17, 15) is 9.59 Å². The van der Waals surface area contributed by atoms with Crippen molar-refractivity contribution in [1.82, 2.24) is 10.2 Å². The predicted molar refractivity (Wildman–Crippen MR) is 155 cm³/mol. The van der Waals surface area contributed by atoms with Gasteiger partial charge < -0.3 is 15.0 Å². The molecule has 1 saturated carbocycles. The van der Waals surface area contributed by atoms with Crippen LogP contribution in [0, 0.1) is 13.8 Å². The lowest BCUT2D eigenvalue weighted by atomic mass is 10.0. The Morgan fingerprint density at radius 2 is 1.63 bits per heavy atom. The van der Waals surface area contributed by atoms with Crippen molar-refractivity contribution < 1.29 is 14.3 Å². The lowest BCUT2D eigenvalue weighted by molar-refractivity contribution is -0.143. The molecule has 3 aromatic rings. The standard InChI is InChI=1S/C31H34BrClN2O3/c1-21-16-27(17-22(2)30(21)32)38-20-29(36)35(19-24-12-14-25(33)15-13-24)28(18-23-8-4-3-5-9-23)31(37)34-26-10-6-7-11-26/h3-5,8-9,12-17,26,28H,6-7,10-11,18-20H2,1-2H3,(H,34,37)/t28-/m0/s1. The highest BCUT2D eigenvalue weighted by molar-refractivity contribution is 9.10. The van der Waals surface area contributed by atoms with Crippen LogP contribution in [0.25, 0.3) is 0 Å². The number of carbonyl (C=O) groups is 2. The highest BCUT2D eigenvalue weighted by atomic mass is 79.9. The van der Waals surface area contributed by atoms with E-state index in [0.717, 1.165) is 52.4 Å². The second kappa shape index (κ2) is 13.3. The van der Waals surface area contributed by atoms with Crippen molar-refractivity contribution >= 4 is 39.3 Å². The predicted octanol–water partition coefficient (Wildman–Crippen LogP) is 6.80. The number of hydrogen-bond donors (Lipinski definition) is 1. The number of benzene rings is 3.